The smallest absolute Gasteiger partial charge is 0.146 e. The molecule has 16 heavy (non-hydrogen) atoms. The first-order valence-corrected chi connectivity index (χ1v) is 5.18. The van der Waals surface area contributed by atoms with Gasteiger partial charge >= 0.3 is 0 Å². The highest BCUT2D eigenvalue weighted by molar-refractivity contribution is 5.60. The molecule has 0 saturated heterocycles. The molecule has 2 aromatic heterocycles. The number of nitrogens with zero attached hydrogens (tertiary/aromatic N) is 3. The van der Waals surface area contributed by atoms with Crippen LogP contribution in [0.4, 0.5) is 11.5 Å². The molecule has 0 radical (unpaired) electrons. The summed E-state index contributed by atoms with van der Waals surface area (Å²) in [5.41, 5.74) is 7.79. The first-order chi connectivity index (χ1) is 7.77. The maximum Gasteiger partial charge on any atom is 0.146 e. The van der Waals surface area contributed by atoms with Crippen molar-refractivity contribution in [2.75, 3.05) is 17.6 Å². The van der Waals surface area contributed by atoms with Crippen LogP contribution >= 0.6 is 0 Å². The second-order valence-electron chi connectivity index (χ2n) is 3.56. The molecule has 0 aromatic carbocycles. The predicted octanol–water partition coefficient (Wildman–Crippen LogP) is 1.05. The fourth-order valence-electron chi connectivity index (χ4n) is 1.54. The van der Waals surface area contributed by atoms with Gasteiger partial charge in [0.2, 0.25) is 0 Å². The van der Waals surface area contributed by atoms with Crippen molar-refractivity contribution in [1.29, 1.82) is 0 Å². The minimum atomic E-state index is 0.535. The number of aryl methyl sites for hydroxylation is 1. The van der Waals surface area contributed by atoms with E-state index in [9.17, 15) is 0 Å². The quantitative estimate of drug-likeness (QED) is 0.803. The number of nitrogens with two attached hydrogens (primary N) is 1. The van der Waals surface area contributed by atoms with Gasteiger partial charge in [-0.05, 0) is 18.2 Å². The standard InChI is InChI=1S/C11H15N5/c1-16-9(5-8-15-16)4-7-13-10-3-2-6-14-11(10)12/h2-3,5-6,8,13H,4,7H2,1H3,(H2,12,14). The number of anilines is 2. The predicted molar refractivity (Wildman–Crippen MR) is 64.1 cm³/mol. The number of pyridine rings is 1. The van der Waals surface area contributed by atoms with E-state index < -0.39 is 0 Å². The summed E-state index contributed by atoms with van der Waals surface area (Å²) in [7, 11) is 1.94. The largest absolute Gasteiger partial charge is 0.382 e. The average Bonchev–Trinajstić information content (AvgIpc) is 2.67. The van der Waals surface area contributed by atoms with E-state index in [1.165, 1.54) is 5.69 Å². The van der Waals surface area contributed by atoms with Gasteiger partial charge in [0.05, 0.1) is 5.69 Å². The van der Waals surface area contributed by atoms with Crippen LogP contribution in [0.2, 0.25) is 0 Å². The maximum atomic E-state index is 5.72. The van der Waals surface area contributed by atoms with Crippen molar-refractivity contribution in [1.82, 2.24) is 14.8 Å². The van der Waals surface area contributed by atoms with Gasteiger partial charge in [0, 0.05) is 38.1 Å². The Morgan fingerprint density at radius 2 is 2.25 bits per heavy atom. The van der Waals surface area contributed by atoms with Crippen molar-refractivity contribution >= 4 is 11.5 Å². The van der Waals surface area contributed by atoms with E-state index in [0.29, 0.717) is 5.82 Å². The Kier molecular flexibility index (Phi) is 3.05. The molecule has 0 aliphatic heterocycles. The van der Waals surface area contributed by atoms with Crippen LogP contribution in [-0.4, -0.2) is 21.3 Å². The van der Waals surface area contributed by atoms with Gasteiger partial charge in [-0.15, -0.1) is 0 Å². The van der Waals surface area contributed by atoms with Gasteiger partial charge in [0.25, 0.3) is 0 Å². The minimum absolute atomic E-state index is 0.535. The Bertz CT molecular complexity index is 463. The molecule has 2 heterocycles. The highest BCUT2D eigenvalue weighted by Gasteiger charge is 2.00. The van der Waals surface area contributed by atoms with E-state index in [1.807, 2.05) is 29.9 Å². The van der Waals surface area contributed by atoms with E-state index in [1.54, 1.807) is 12.4 Å². The number of rotatable bonds is 4. The summed E-state index contributed by atoms with van der Waals surface area (Å²) in [5, 5.41) is 7.36. The van der Waals surface area contributed by atoms with Crippen LogP contribution < -0.4 is 11.1 Å². The Morgan fingerprint density at radius 1 is 1.38 bits per heavy atom. The molecular formula is C11H15N5. The van der Waals surface area contributed by atoms with Crippen LogP contribution in [0.3, 0.4) is 0 Å². The zero-order chi connectivity index (χ0) is 11.4. The topological polar surface area (TPSA) is 68.8 Å². The van der Waals surface area contributed by atoms with Crippen LogP contribution in [0.25, 0.3) is 0 Å². The van der Waals surface area contributed by atoms with Crippen LogP contribution in [0, 0.1) is 0 Å². The molecule has 0 saturated carbocycles. The second kappa shape index (κ2) is 4.65. The molecule has 0 amide bonds. The number of nitrogen functional groups attached to an aromatic ring is 1. The molecule has 0 bridgehead atoms. The lowest BCUT2D eigenvalue weighted by Gasteiger charge is -2.08. The van der Waals surface area contributed by atoms with E-state index in [-0.39, 0.29) is 0 Å². The van der Waals surface area contributed by atoms with E-state index >= 15 is 0 Å². The third-order valence-corrected chi connectivity index (χ3v) is 2.46. The van der Waals surface area contributed by atoms with Crippen molar-refractivity contribution < 1.29 is 0 Å². The number of nitrogens with one attached hydrogen (secondary N) is 1. The zero-order valence-electron chi connectivity index (χ0n) is 9.22. The monoisotopic (exact) mass is 217 g/mol. The number of aromatic nitrogens is 3. The van der Waals surface area contributed by atoms with Gasteiger partial charge in [-0.1, -0.05) is 0 Å². The maximum absolute atomic E-state index is 5.72. The van der Waals surface area contributed by atoms with Crippen molar-refractivity contribution in [2.45, 2.75) is 6.42 Å². The zero-order valence-corrected chi connectivity index (χ0v) is 9.22. The Labute approximate surface area is 94.3 Å². The molecule has 84 valence electrons. The third kappa shape index (κ3) is 2.31. The molecule has 0 fully saturated rings. The summed E-state index contributed by atoms with van der Waals surface area (Å²) in [5.74, 6) is 0.535. The first kappa shape index (κ1) is 10.5. The average molecular weight is 217 g/mol. The summed E-state index contributed by atoms with van der Waals surface area (Å²) in [6.45, 7) is 0.815. The normalized spacial score (nSPS) is 10.3. The van der Waals surface area contributed by atoms with Crippen molar-refractivity contribution in [2.24, 2.45) is 7.05 Å². The molecule has 0 spiro atoms. The van der Waals surface area contributed by atoms with Gasteiger partial charge in [0.15, 0.2) is 0 Å². The molecule has 5 nitrogen and oxygen atoms in total. The van der Waals surface area contributed by atoms with Crippen LogP contribution in [0.1, 0.15) is 5.69 Å². The van der Waals surface area contributed by atoms with E-state index in [2.05, 4.69) is 15.4 Å². The molecular weight excluding hydrogens is 202 g/mol. The van der Waals surface area contributed by atoms with E-state index in [4.69, 9.17) is 5.73 Å². The van der Waals surface area contributed by atoms with Gasteiger partial charge in [-0.2, -0.15) is 5.10 Å². The lowest BCUT2D eigenvalue weighted by Crippen LogP contribution is -2.09. The summed E-state index contributed by atoms with van der Waals surface area (Å²) < 4.78 is 1.87. The fraction of sp³-hybridized carbons (Fsp3) is 0.273. The van der Waals surface area contributed by atoms with Crippen LogP contribution in [-0.2, 0) is 13.5 Å². The summed E-state index contributed by atoms with van der Waals surface area (Å²) in [6, 6.07) is 5.79. The van der Waals surface area contributed by atoms with Gasteiger partial charge in [0.1, 0.15) is 5.82 Å². The third-order valence-electron chi connectivity index (χ3n) is 2.46. The summed E-state index contributed by atoms with van der Waals surface area (Å²) >= 11 is 0. The molecule has 0 aliphatic rings. The first-order valence-electron chi connectivity index (χ1n) is 5.18. The van der Waals surface area contributed by atoms with Crippen LogP contribution in [0.15, 0.2) is 30.6 Å². The van der Waals surface area contributed by atoms with Gasteiger partial charge < -0.3 is 11.1 Å². The highest BCUT2D eigenvalue weighted by atomic mass is 15.3. The summed E-state index contributed by atoms with van der Waals surface area (Å²) in [6.07, 6.45) is 4.39. The highest BCUT2D eigenvalue weighted by Crippen LogP contribution is 2.13. The Morgan fingerprint density at radius 3 is 2.94 bits per heavy atom. The van der Waals surface area contributed by atoms with Crippen molar-refractivity contribution in [3.05, 3.63) is 36.3 Å². The van der Waals surface area contributed by atoms with Crippen LogP contribution in [0.5, 0.6) is 0 Å². The van der Waals surface area contributed by atoms with E-state index in [0.717, 1.165) is 18.7 Å². The summed E-state index contributed by atoms with van der Waals surface area (Å²) in [4.78, 5) is 4.01. The fourth-order valence-corrected chi connectivity index (χ4v) is 1.54. The molecule has 0 atom stereocenters. The molecule has 0 unspecified atom stereocenters. The molecule has 2 rings (SSSR count). The number of hydrogen-bond acceptors (Lipinski definition) is 4. The lowest BCUT2D eigenvalue weighted by molar-refractivity contribution is 0.711. The number of hydrogen-bond donors (Lipinski definition) is 2. The SMILES string of the molecule is Cn1nccc1CCNc1cccnc1N. The van der Waals surface area contributed by atoms with Gasteiger partial charge in [-0.25, -0.2) is 4.98 Å². The Balaban J connectivity index is 1.89. The second-order valence-corrected chi connectivity index (χ2v) is 3.56. The molecule has 0 aliphatic carbocycles. The molecule has 5 heteroatoms. The Hall–Kier alpha value is -2.04. The lowest BCUT2D eigenvalue weighted by atomic mass is 10.3. The minimum Gasteiger partial charge on any atom is -0.382 e. The molecule has 3 N–H and O–H groups in total. The molecule has 2 aromatic rings. The van der Waals surface area contributed by atoms with Crippen molar-refractivity contribution in [3.8, 4) is 0 Å². The van der Waals surface area contributed by atoms with Gasteiger partial charge in [-0.3, -0.25) is 4.68 Å². The van der Waals surface area contributed by atoms with Crippen molar-refractivity contribution in [3.63, 3.8) is 0 Å².